The Morgan fingerprint density at radius 2 is 2.09 bits per heavy atom. The Bertz CT molecular complexity index is 773. The minimum Gasteiger partial charge on any atom is -0.341 e. The summed E-state index contributed by atoms with van der Waals surface area (Å²) in [5.74, 6) is 1.57. The van der Waals surface area contributed by atoms with E-state index in [1.807, 2.05) is 10.3 Å². The van der Waals surface area contributed by atoms with Crippen LogP contribution in [-0.2, 0) is 11.8 Å². The fourth-order valence-electron chi connectivity index (χ4n) is 3.19. The number of hydrogen-bond donors (Lipinski definition) is 0. The maximum atomic E-state index is 12.5. The molecular weight excluding hydrogens is 330 g/mol. The van der Waals surface area contributed by atoms with Gasteiger partial charge in [0.1, 0.15) is 4.83 Å². The first-order valence-electron chi connectivity index (χ1n) is 7.80. The van der Waals surface area contributed by atoms with Crippen molar-refractivity contribution in [3.63, 3.8) is 0 Å². The van der Waals surface area contributed by atoms with E-state index in [2.05, 4.69) is 18.8 Å². The fourth-order valence-corrected chi connectivity index (χ4v) is 4.87. The summed E-state index contributed by atoms with van der Waals surface area (Å²) in [6.45, 7) is 6.05. The van der Waals surface area contributed by atoms with Gasteiger partial charge in [-0.1, -0.05) is 25.6 Å². The van der Waals surface area contributed by atoms with E-state index < -0.39 is 0 Å². The Labute approximate surface area is 143 Å². The van der Waals surface area contributed by atoms with Gasteiger partial charge in [-0.15, -0.1) is 11.3 Å². The first kappa shape index (κ1) is 16.5. The molecule has 7 heteroatoms. The number of thioether (sulfide) groups is 1. The summed E-state index contributed by atoms with van der Waals surface area (Å²) in [7, 11) is 1.71. The van der Waals surface area contributed by atoms with Gasteiger partial charge in [0.2, 0.25) is 5.91 Å². The third kappa shape index (κ3) is 3.45. The van der Waals surface area contributed by atoms with Crippen LogP contribution in [-0.4, -0.2) is 39.2 Å². The molecule has 0 bridgehead atoms. The summed E-state index contributed by atoms with van der Waals surface area (Å²) in [4.78, 5) is 31.9. The van der Waals surface area contributed by atoms with Gasteiger partial charge in [-0.25, -0.2) is 4.98 Å². The Morgan fingerprint density at radius 3 is 2.78 bits per heavy atom. The molecular formula is C16H21N3O2S2. The van der Waals surface area contributed by atoms with Gasteiger partial charge in [0, 0.05) is 20.1 Å². The zero-order chi connectivity index (χ0) is 16.6. The predicted octanol–water partition coefficient (Wildman–Crippen LogP) is 2.59. The molecule has 1 aliphatic heterocycles. The van der Waals surface area contributed by atoms with Crippen LogP contribution in [0.3, 0.4) is 0 Å². The maximum absolute atomic E-state index is 12.5. The second-order valence-electron chi connectivity index (χ2n) is 6.43. The van der Waals surface area contributed by atoms with Gasteiger partial charge in [0.25, 0.3) is 5.56 Å². The molecule has 1 amide bonds. The van der Waals surface area contributed by atoms with Crippen LogP contribution >= 0.6 is 23.1 Å². The van der Waals surface area contributed by atoms with Crippen molar-refractivity contribution in [2.24, 2.45) is 18.9 Å². The molecule has 0 unspecified atom stereocenters. The highest BCUT2D eigenvalue weighted by molar-refractivity contribution is 7.99. The van der Waals surface area contributed by atoms with Crippen molar-refractivity contribution in [1.82, 2.24) is 14.5 Å². The van der Waals surface area contributed by atoms with Crippen LogP contribution in [0, 0.1) is 11.8 Å². The predicted molar refractivity (Wildman–Crippen MR) is 95.1 cm³/mol. The van der Waals surface area contributed by atoms with Gasteiger partial charge in [-0.05, 0) is 29.7 Å². The first-order valence-corrected chi connectivity index (χ1v) is 9.67. The second-order valence-corrected chi connectivity index (χ2v) is 8.27. The Balaban J connectivity index is 1.72. The van der Waals surface area contributed by atoms with Gasteiger partial charge in [-0.3, -0.25) is 14.2 Å². The van der Waals surface area contributed by atoms with Gasteiger partial charge < -0.3 is 4.90 Å². The highest BCUT2D eigenvalue weighted by Crippen LogP contribution is 2.24. The number of fused-ring (bicyclic) bond motifs is 1. The SMILES string of the molecule is C[C@@H]1C[C@H](C)CN(C(=O)CSc2nc3sccc3c(=O)n2C)C1. The highest BCUT2D eigenvalue weighted by Gasteiger charge is 2.25. The van der Waals surface area contributed by atoms with E-state index in [9.17, 15) is 9.59 Å². The molecule has 0 spiro atoms. The van der Waals surface area contributed by atoms with E-state index in [-0.39, 0.29) is 11.5 Å². The van der Waals surface area contributed by atoms with Crippen molar-refractivity contribution in [1.29, 1.82) is 0 Å². The molecule has 23 heavy (non-hydrogen) atoms. The summed E-state index contributed by atoms with van der Waals surface area (Å²) >= 11 is 2.81. The summed E-state index contributed by atoms with van der Waals surface area (Å²) in [5.41, 5.74) is -0.0496. The minimum atomic E-state index is -0.0496. The molecule has 0 radical (unpaired) electrons. The lowest BCUT2D eigenvalue weighted by Crippen LogP contribution is -2.43. The average molecular weight is 351 g/mol. The smallest absolute Gasteiger partial charge is 0.262 e. The van der Waals surface area contributed by atoms with Crippen LogP contribution < -0.4 is 5.56 Å². The summed E-state index contributed by atoms with van der Waals surface area (Å²) in [6, 6.07) is 1.80. The zero-order valence-corrected chi connectivity index (χ0v) is 15.2. The van der Waals surface area contributed by atoms with Crippen molar-refractivity contribution in [2.45, 2.75) is 25.4 Å². The number of hydrogen-bond acceptors (Lipinski definition) is 5. The molecule has 0 aromatic carbocycles. The van der Waals surface area contributed by atoms with E-state index in [1.165, 1.54) is 34.1 Å². The molecule has 2 aromatic rings. The summed E-state index contributed by atoms with van der Waals surface area (Å²) < 4.78 is 1.54. The second kappa shape index (κ2) is 6.65. The summed E-state index contributed by atoms with van der Waals surface area (Å²) in [5, 5.41) is 3.12. The number of carbonyl (C=O) groups is 1. The molecule has 5 nitrogen and oxygen atoms in total. The zero-order valence-electron chi connectivity index (χ0n) is 13.6. The largest absolute Gasteiger partial charge is 0.341 e. The maximum Gasteiger partial charge on any atom is 0.262 e. The van der Waals surface area contributed by atoms with E-state index in [4.69, 9.17) is 0 Å². The lowest BCUT2D eigenvalue weighted by atomic mass is 9.92. The lowest BCUT2D eigenvalue weighted by Gasteiger charge is -2.35. The van der Waals surface area contributed by atoms with Crippen LogP contribution in [0.15, 0.2) is 21.4 Å². The fraction of sp³-hybridized carbons (Fsp3) is 0.562. The molecule has 124 valence electrons. The molecule has 1 fully saturated rings. The van der Waals surface area contributed by atoms with Crippen LogP contribution in [0.25, 0.3) is 10.2 Å². The van der Waals surface area contributed by atoms with E-state index >= 15 is 0 Å². The molecule has 0 aliphatic carbocycles. The molecule has 2 aromatic heterocycles. The van der Waals surface area contributed by atoms with Gasteiger partial charge in [0.15, 0.2) is 5.16 Å². The molecule has 0 saturated carbocycles. The number of rotatable bonds is 3. The standard InChI is InChI=1S/C16H21N3O2S2/c1-10-6-11(2)8-19(7-10)13(20)9-23-16-17-14-12(4-5-22-14)15(21)18(16)3/h4-5,10-11H,6-9H2,1-3H3/t10-,11+. The van der Waals surface area contributed by atoms with Crippen molar-refractivity contribution < 1.29 is 4.79 Å². The van der Waals surface area contributed by atoms with Gasteiger partial charge in [0.05, 0.1) is 11.1 Å². The number of likely N-dealkylation sites (tertiary alicyclic amines) is 1. The van der Waals surface area contributed by atoms with E-state index in [0.717, 1.165) is 17.9 Å². The normalized spacial score (nSPS) is 21.8. The van der Waals surface area contributed by atoms with Crippen LogP contribution in [0.1, 0.15) is 20.3 Å². The van der Waals surface area contributed by atoms with Crippen LogP contribution in [0.2, 0.25) is 0 Å². The Morgan fingerprint density at radius 1 is 1.39 bits per heavy atom. The number of carbonyl (C=O) groups excluding carboxylic acids is 1. The Kier molecular flexibility index (Phi) is 4.77. The number of amides is 1. The molecule has 1 aliphatic rings. The number of aromatic nitrogens is 2. The topological polar surface area (TPSA) is 55.2 Å². The van der Waals surface area contributed by atoms with Gasteiger partial charge in [-0.2, -0.15) is 0 Å². The summed E-state index contributed by atoms with van der Waals surface area (Å²) in [6.07, 6.45) is 1.18. The third-order valence-electron chi connectivity index (χ3n) is 4.21. The van der Waals surface area contributed by atoms with Crippen LogP contribution in [0.4, 0.5) is 0 Å². The van der Waals surface area contributed by atoms with Crippen molar-refractivity contribution in [3.8, 4) is 0 Å². The number of nitrogens with zero attached hydrogens (tertiary/aromatic N) is 3. The molecule has 3 rings (SSSR count). The highest BCUT2D eigenvalue weighted by atomic mass is 32.2. The molecule has 2 atom stereocenters. The van der Waals surface area contributed by atoms with Crippen molar-refractivity contribution in [2.75, 3.05) is 18.8 Å². The van der Waals surface area contributed by atoms with Crippen molar-refractivity contribution in [3.05, 3.63) is 21.8 Å². The van der Waals surface area contributed by atoms with E-state index in [0.29, 0.717) is 28.1 Å². The first-order chi connectivity index (χ1) is 11.0. The number of piperidine rings is 1. The molecule has 0 N–H and O–H groups in total. The van der Waals surface area contributed by atoms with Crippen LogP contribution in [0.5, 0.6) is 0 Å². The number of thiophene rings is 1. The average Bonchev–Trinajstić information content (AvgIpc) is 2.96. The van der Waals surface area contributed by atoms with Crippen molar-refractivity contribution >= 4 is 39.2 Å². The third-order valence-corrected chi connectivity index (χ3v) is 6.03. The lowest BCUT2D eigenvalue weighted by molar-refractivity contribution is -0.130. The Hall–Kier alpha value is -1.34. The molecule has 1 saturated heterocycles. The van der Waals surface area contributed by atoms with Gasteiger partial charge >= 0.3 is 0 Å². The molecule has 3 heterocycles. The monoisotopic (exact) mass is 351 g/mol. The minimum absolute atomic E-state index is 0.0496. The quantitative estimate of drug-likeness (QED) is 0.630. The van der Waals surface area contributed by atoms with E-state index in [1.54, 1.807) is 13.1 Å².